The predicted octanol–water partition coefficient (Wildman–Crippen LogP) is 7.16. The summed E-state index contributed by atoms with van der Waals surface area (Å²) in [4.78, 5) is 33.2. The second-order valence-corrected chi connectivity index (χ2v) is 13.9. The normalized spacial score (nSPS) is 22.1. The van der Waals surface area contributed by atoms with Gasteiger partial charge in [0.2, 0.25) is 5.95 Å². The van der Waals surface area contributed by atoms with E-state index in [0.717, 1.165) is 24.3 Å². The Kier molecular flexibility index (Phi) is 8.47. The lowest BCUT2D eigenvalue weighted by Crippen LogP contribution is -2.40. The highest BCUT2D eigenvalue weighted by atomic mass is 35.5. The van der Waals surface area contributed by atoms with Crippen LogP contribution in [0.15, 0.2) is 34.9 Å². The monoisotopic (exact) mass is 703 g/mol. The third-order valence-electron chi connectivity index (χ3n) is 9.80. The van der Waals surface area contributed by atoms with E-state index in [2.05, 4.69) is 26.0 Å². The van der Waals surface area contributed by atoms with Crippen LogP contribution in [0.2, 0.25) is 10.0 Å². The minimum absolute atomic E-state index is 0.00504. The Labute approximate surface area is 284 Å². The molecule has 3 aliphatic rings. The van der Waals surface area contributed by atoms with Gasteiger partial charge in [0.05, 0.1) is 43.9 Å². The van der Waals surface area contributed by atoms with E-state index in [4.69, 9.17) is 32.7 Å². The smallest absolute Gasteiger partial charge is 0.370 e. The van der Waals surface area contributed by atoms with Crippen LogP contribution < -0.4 is 20.9 Å². The van der Waals surface area contributed by atoms with Crippen LogP contribution in [-0.2, 0) is 13.6 Å². The Hall–Kier alpha value is -3.97. The maximum Gasteiger partial charge on any atom is 0.391 e. The van der Waals surface area contributed by atoms with Gasteiger partial charge in [0.25, 0.3) is 11.8 Å². The number of amides is 2. The number of hydrogen-bond acceptors (Lipinski definition) is 7. The number of hydrogen-bond donors (Lipinski definition) is 3. The summed E-state index contributed by atoms with van der Waals surface area (Å²) in [6.07, 6.45) is -2.45. The molecule has 1 aliphatic heterocycles. The molecule has 3 fully saturated rings. The van der Waals surface area contributed by atoms with Crippen LogP contribution in [0.25, 0.3) is 11.0 Å². The first kappa shape index (κ1) is 32.6. The van der Waals surface area contributed by atoms with E-state index < -0.39 is 18.0 Å². The number of alkyl halides is 3. The molecule has 2 amide bonds. The van der Waals surface area contributed by atoms with Crippen molar-refractivity contribution >= 4 is 63.4 Å². The van der Waals surface area contributed by atoms with Crippen molar-refractivity contribution in [2.75, 3.05) is 23.3 Å². The molecule has 3 heterocycles. The first-order chi connectivity index (χ1) is 22.9. The molecule has 3 N–H and O–H groups in total. The van der Waals surface area contributed by atoms with Gasteiger partial charge >= 0.3 is 6.18 Å². The van der Waals surface area contributed by atoms with Crippen molar-refractivity contribution in [1.29, 1.82) is 0 Å². The first-order valence-corrected chi connectivity index (χ1v) is 16.7. The molecule has 2 saturated carbocycles. The Morgan fingerprint density at radius 3 is 2.44 bits per heavy atom. The Morgan fingerprint density at radius 1 is 1.04 bits per heavy atom. The van der Waals surface area contributed by atoms with E-state index in [-0.39, 0.29) is 49.9 Å². The van der Waals surface area contributed by atoms with Crippen LogP contribution in [0.3, 0.4) is 0 Å². The number of carbonyl (C=O) groups is 2. The Bertz CT molecular complexity index is 1890. The maximum atomic E-state index is 13.7. The molecule has 0 bridgehead atoms. The Balaban J connectivity index is 1.14. The number of benzene rings is 2. The molecule has 1 saturated heterocycles. The van der Waals surface area contributed by atoms with Crippen LogP contribution in [0.5, 0.6) is 0 Å². The SMILES string of the molecule is Cc1cc(C(=O)NCc2ccc(Cl)c(Nc3nc4cc(C(=O)N[C@H]5CC[C@H](C(F)(F)F)CC5)c(N5CC6CC6C5)cc4n3C)c2Cl)no1. The molecule has 4 aromatic rings. The Morgan fingerprint density at radius 2 is 1.77 bits per heavy atom. The zero-order chi connectivity index (χ0) is 33.9. The van der Waals surface area contributed by atoms with Crippen LogP contribution in [0, 0.1) is 24.7 Å². The van der Waals surface area contributed by atoms with E-state index in [9.17, 15) is 22.8 Å². The van der Waals surface area contributed by atoms with Gasteiger partial charge in [-0.15, -0.1) is 0 Å². The highest BCUT2D eigenvalue weighted by molar-refractivity contribution is 6.39. The lowest BCUT2D eigenvalue weighted by atomic mass is 9.85. The van der Waals surface area contributed by atoms with Gasteiger partial charge in [-0.25, -0.2) is 4.98 Å². The van der Waals surface area contributed by atoms with Crippen molar-refractivity contribution in [2.45, 2.75) is 57.8 Å². The fourth-order valence-corrected chi connectivity index (χ4v) is 7.44. The predicted molar refractivity (Wildman–Crippen MR) is 176 cm³/mol. The molecular weight excluding hydrogens is 670 g/mol. The number of aromatic nitrogens is 3. The third kappa shape index (κ3) is 6.41. The molecule has 48 heavy (non-hydrogen) atoms. The highest BCUT2D eigenvalue weighted by Gasteiger charge is 2.46. The highest BCUT2D eigenvalue weighted by Crippen LogP contribution is 2.47. The van der Waals surface area contributed by atoms with E-state index >= 15 is 0 Å². The van der Waals surface area contributed by atoms with Gasteiger partial charge in [-0.05, 0) is 74.6 Å². The van der Waals surface area contributed by atoms with E-state index in [1.165, 1.54) is 12.5 Å². The molecule has 10 nitrogen and oxygen atoms in total. The summed E-state index contributed by atoms with van der Waals surface area (Å²) in [5.74, 6) is 0.110. The number of fused-ring (bicyclic) bond motifs is 2. The van der Waals surface area contributed by atoms with Gasteiger partial charge in [0.1, 0.15) is 5.76 Å². The van der Waals surface area contributed by atoms with E-state index in [1.807, 2.05) is 17.7 Å². The van der Waals surface area contributed by atoms with Crippen molar-refractivity contribution in [3.8, 4) is 0 Å². The number of aryl methyl sites for hydroxylation is 2. The molecule has 2 atom stereocenters. The molecule has 2 aromatic heterocycles. The van der Waals surface area contributed by atoms with Gasteiger partial charge in [0.15, 0.2) is 5.69 Å². The summed E-state index contributed by atoms with van der Waals surface area (Å²) in [6.45, 7) is 3.50. The van der Waals surface area contributed by atoms with Crippen molar-refractivity contribution in [3.05, 3.63) is 63.0 Å². The molecule has 15 heteroatoms. The van der Waals surface area contributed by atoms with Crippen molar-refractivity contribution in [2.24, 2.45) is 24.8 Å². The molecule has 2 aromatic carbocycles. The molecule has 0 radical (unpaired) electrons. The van der Waals surface area contributed by atoms with Crippen LogP contribution in [0.1, 0.15) is 64.3 Å². The lowest BCUT2D eigenvalue weighted by molar-refractivity contribution is -0.182. The summed E-state index contributed by atoms with van der Waals surface area (Å²) in [7, 11) is 1.84. The molecule has 2 unspecified atom stereocenters. The molecular formula is C33H34Cl2F3N7O3. The molecule has 7 rings (SSSR count). The third-order valence-corrected chi connectivity index (χ3v) is 10.5. The fourth-order valence-electron chi connectivity index (χ4n) is 6.90. The van der Waals surface area contributed by atoms with Gasteiger partial charge in [-0.3, -0.25) is 9.59 Å². The molecule has 254 valence electrons. The number of nitrogens with zero attached hydrogens (tertiary/aromatic N) is 4. The lowest BCUT2D eigenvalue weighted by Gasteiger charge is -2.31. The summed E-state index contributed by atoms with van der Waals surface area (Å²) in [5, 5.41) is 13.4. The topological polar surface area (TPSA) is 117 Å². The summed E-state index contributed by atoms with van der Waals surface area (Å²) in [5.41, 5.74) is 3.71. The number of carbonyl (C=O) groups excluding carboxylic acids is 2. The summed E-state index contributed by atoms with van der Waals surface area (Å²) in [6, 6.07) is 8.29. The fraction of sp³-hybridized carbons (Fsp3) is 0.455. The summed E-state index contributed by atoms with van der Waals surface area (Å²) < 4.78 is 46.5. The van der Waals surface area contributed by atoms with Crippen molar-refractivity contribution in [1.82, 2.24) is 25.3 Å². The zero-order valence-electron chi connectivity index (χ0n) is 26.3. The average Bonchev–Trinajstić information content (AvgIpc) is 3.32. The van der Waals surface area contributed by atoms with Gasteiger partial charge in [-0.2, -0.15) is 13.2 Å². The first-order valence-electron chi connectivity index (χ1n) is 15.9. The molecule has 0 spiro atoms. The number of imidazole rings is 1. The van der Waals surface area contributed by atoms with E-state index in [1.54, 1.807) is 25.1 Å². The van der Waals surface area contributed by atoms with Crippen LogP contribution in [0.4, 0.5) is 30.5 Å². The van der Waals surface area contributed by atoms with Gasteiger partial charge < -0.3 is 29.9 Å². The second kappa shape index (κ2) is 12.5. The number of piperidine rings is 1. The number of rotatable bonds is 8. The maximum absolute atomic E-state index is 13.7. The number of anilines is 3. The summed E-state index contributed by atoms with van der Waals surface area (Å²) >= 11 is 13.4. The van der Waals surface area contributed by atoms with Crippen molar-refractivity contribution < 1.29 is 27.3 Å². The second-order valence-electron chi connectivity index (χ2n) is 13.1. The quantitative estimate of drug-likeness (QED) is 0.178. The minimum Gasteiger partial charge on any atom is -0.370 e. The number of nitrogens with one attached hydrogen (secondary N) is 3. The van der Waals surface area contributed by atoms with Crippen LogP contribution in [-0.4, -0.2) is 51.8 Å². The van der Waals surface area contributed by atoms with Crippen molar-refractivity contribution in [3.63, 3.8) is 0 Å². The minimum atomic E-state index is -4.21. The van der Waals surface area contributed by atoms with Gasteiger partial charge in [0, 0.05) is 38.8 Å². The average molecular weight is 705 g/mol. The standard InChI is InChI=1S/C33H34Cl2F3N7O3/c1-16-9-25(43-48-16)31(47)39-13-17-3-8-23(34)29(28(17)35)42-32-41-24-11-22(30(46)40-21-6-4-20(5-7-21)33(36,37)38)26(12-27(24)44(32)2)45-14-18-10-19(18)15-45/h3,8-9,11-12,18-21H,4-7,10,13-15H2,1-2H3,(H,39,47)(H,40,46)(H,41,42)/t18?,19?,20-,21-. The van der Waals surface area contributed by atoms with Gasteiger partial charge in [-0.1, -0.05) is 34.4 Å². The van der Waals surface area contributed by atoms with Crippen LogP contribution >= 0.6 is 23.2 Å². The zero-order valence-corrected chi connectivity index (χ0v) is 27.8. The number of halogens is 5. The van der Waals surface area contributed by atoms with E-state index in [0.29, 0.717) is 55.9 Å². The largest absolute Gasteiger partial charge is 0.391 e. The molecule has 2 aliphatic carbocycles.